The van der Waals surface area contributed by atoms with E-state index < -0.39 is 5.97 Å². The number of nitrogens with one attached hydrogen (secondary N) is 1. The Bertz CT molecular complexity index is 1150. The van der Waals surface area contributed by atoms with Crippen molar-refractivity contribution in [2.24, 2.45) is 0 Å². The number of para-hydroxylation sites is 3. The molecule has 2 N–H and O–H groups in total. The van der Waals surface area contributed by atoms with Gasteiger partial charge >= 0.3 is 5.97 Å². The molecular weight excluding hydrogens is 354 g/mol. The highest BCUT2D eigenvalue weighted by Crippen LogP contribution is 2.25. The zero-order valence-corrected chi connectivity index (χ0v) is 15.3. The predicted octanol–water partition coefficient (Wildman–Crippen LogP) is 4.34. The van der Waals surface area contributed by atoms with Gasteiger partial charge < -0.3 is 15.2 Å². The highest BCUT2D eigenvalue weighted by molar-refractivity contribution is 5.91. The first-order chi connectivity index (χ1) is 13.7. The van der Waals surface area contributed by atoms with E-state index in [-0.39, 0.29) is 5.56 Å². The van der Waals surface area contributed by atoms with Gasteiger partial charge in [0.05, 0.1) is 23.8 Å². The van der Waals surface area contributed by atoms with Gasteiger partial charge in [0.25, 0.3) is 0 Å². The number of methoxy groups -OCH3 is 1. The molecule has 0 aliphatic rings. The molecule has 1 aromatic heterocycles. The van der Waals surface area contributed by atoms with Gasteiger partial charge in [-0.25, -0.2) is 9.78 Å². The normalized spacial score (nSPS) is 10.8. The van der Waals surface area contributed by atoms with Crippen LogP contribution in [0.2, 0.25) is 0 Å². The SMILES string of the molecule is COc1cc(NCc2ccccc2-n2cnc3ccccc32)ccc1C(=O)O. The van der Waals surface area contributed by atoms with E-state index in [0.29, 0.717) is 12.3 Å². The fourth-order valence-corrected chi connectivity index (χ4v) is 3.22. The molecule has 0 aliphatic heterocycles. The van der Waals surface area contributed by atoms with Crippen molar-refractivity contribution in [1.29, 1.82) is 0 Å². The van der Waals surface area contributed by atoms with E-state index >= 15 is 0 Å². The molecule has 0 amide bonds. The summed E-state index contributed by atoms with van der Waals surface area (Å²) < 4.78 is 7.27. The van der Waals surface area contributed by atoms with Crippen molar-refractivity contribution in [3.63, 3.8) is 0 Å². The first kappa shape index (κ1) is 17.6. The number of ether oxygens (including phenoxy) is 1. The highest BCUT2D eigenvalue weighted by Gasteiger charge is 2.12. The van der Waals surface area contributed by atoms with Gasteiger partial charge in [0.2, 0.25) is 0 Å². The molecule has 1 heterocycles. The van der Waals surface area contributed by atoms with E-state index in [4.69, 9.17) is 4.74 Å². The van der Waals surface area contributed by atoms with Crippen LogP contribution in [-0.4, -0.2) is 27.7 Å². The summed E-state index contributed by atoms with van der Waals surface area (Å²) in [5.74, 6) is -0.688. The number of nitrogens with zero attached hydrogens (tertiary/aromatic N) is 2. The Labute approximate surface area is 162 Å². The summed E-state index contributed by atoms with van der Waals surface area (Å²) >= 11 is 0. The van der Waals surface area contributed by atoms with Crippen molar-refractivity contribution < 1.29 is 14.6 Å². The fraction of sp³-hybridized carbons (Fsp3) is 0.0909. The molecule has 0 saturated heterocycles. The average molecular weight is 373 g/mol. The van der Waals surface area contributed by atoms with Gasteiger partial charge in [0.1, 0.15) is 17.6 Å². The summed E-state index contributed by atoms with van der Waals surface area (Å²) in [5, 5.41) is 12.6. The molecule has 0 bridgehead atoms. The van der Waals surface area contributed by atoms with Crippen molar-refractivity contribution in [2.45, 2.75) is 6.54 Å². The standard InChI is InChI=1S/C22H19N3O3/c1-28-21-12-16(10-11-17(21)22(26)27)23-13-15-6-2-4-8-19(15)25-14-24-18-7-3-5-9-20(18)25/h2-12,14,23H,13H2,1H3,(H,26,27). The maximum absolute atomic E-state index is 11.2. The molecule has 6 nitrogen and oxygen atoms in total. The first-order valence-electron chi connectivity index (χ1n) is 8.83. The molecule has 0 aliphatic carbocycles. The topological polar surface area (TPSA) is 76.4 Å². The number of anilines is 1. The molecule has 0 radical (unpaired) electrons. The number of carbonyl (C=O) groups is 1. The third-order valence-corrected chi connectivity index (χ3v) is 4.62. The Balaban J connectivity index is 1.63. The summed E-state index contributed by atoms with van der Waals surface area (Å²) in [6, 6.07) is 21.1. The van der Waals surface area contributed by atoms with Crippen LogP contribution in [0.5, 0.6) is 5.75 Å². The van der Waals surface area contributed by atoms with E-state index in [1.54, 1.807) is 18.2 Å². The number of rotatable bonds is 6. The molecule has 0 fully saturated rings. The van der Waals surface area contributed by atoms with Gasteiger partial charge in [-0.15, -0.1) is 0 Å². The van der Waals surface area contributed by atoms with Crippen LogP contribution in [0, 0.1) is 0 Å². The van der Waals surface area contributed by atoms with Crippen molar-refractivity contribution in [2.75, 3.05) is 12.4 Å². The van der Waals surface area contributed by atoms with Gasteiger partial charge in [-0.05, 0) is 35.9 Å². The lowest BCUT2D eigenvalue weighted by atomic mass is 10.1. The second-order valence-electron chi connectivity index (χ2n) is 6.31. The Kier molecular flexibility index (Phi) is 4.68. The predicted molar refractivity (Wildman–Crippen MR) is 108 cm³/mol. The number of aromatic nitrogens is 2. The minimum absolute atomic E-state index is 0.137. The minimum atomic E-state index is -1.01. The Hall–Kier alpha value is -3.80. The van der Waals surface area contributed by atoms with E-state index in [9.17, 15) is 9.90 Å². The average Bonchev–Trinajstić information content (AvgIpc) is 3.16. The van der Waals surface area contributed by atoms with E-state index in [0.717, 1.165) is 28.0 Å². The van der Waals surface area contributed by atoms with Crippen LogP contribution >= 0.6 is 0 Å². The second kappa shape index (κ2) is 7.44. The van der Waals surface area contributed by atoms with Crippen LogP contribution in [-0.2, 0) is 6.54 Å². The van der Waals surface area contributed by atoms with E-state index in [1.807, 2.05) is 42.7 Å². The second-order valence-corrected chi connectivity index (χ2v) is 6.31. The van der Waals surface area contributed by atoms with Gasteiger partial charge in [-0.1, -0.05) is 30.3 Å². The van der Waals surface area contributed by atoms with Gasteiger partial charge in [-0.2, -0.15) is 0 Å². The molecule has 28 heavy (non-hydrogen) atoms. The number of benzene rings is 3. The lowest BCUT2D eigenvalue weighted by molar-refractivity contribution is 0.0693. The molecule has 0 atom stereocenters. The van der Waals surface area contributed by atoms with Crippen LogP contribution in [0.4, 0.5) is 5.69 Å². The summed E-state index contributed by atoms with van der Waals surface area (Å²) in [6.45, 7) is 0.568. The molecular formula is C22H19N3O3. The number of imidazole rings is 1. The first-order valence-corrected chi connectivity index (χ1v) is 8.83. The quantitative estimate of drug-likeness (QED) is 0.526. The van der Waals surface area contributed by atoms with Crippen molar-refractivity contribution in [1.82, 2.24) is 9.55 Å². The molecule has 0 saturated carbocycles. The zero-order chi connectivity index (χ0) is 19.5. The molecule has 0 unspecified atom stereocenters. The van der Waals surface area contributed by atoms with Crippen molar-refractivity contribution in [3.8, 4) is 11.4 Å². The van der Waals surface area contributed by atoms with Crippen molar-refractivity contribution >= 4 is 22.7 Å². The summed E-state index contributed by atoms with van der Waals surface area (Å²) in [7, 11) is 1.46. The van der Waals surface area contributed by atoms with Gasteiger partial charge in [0, 0.05) is 18.3 Å². The lowest BCUT2D eigenvalue weighted by Crippen LogP contribution is -2.06. The van der Waals surface area contributed by atoms with Crippen molar-refractivity contribution in [3.05, 3.63) is 84.2 Å². The van der Waals surface area contributed by atoms with Crippen LogP contribution in [0.3, 0.4) is 0 Å². The van der Waals surface area contributed by atoms with Gasteiger partial charge in [-0.3, -0.25) is 4.57 Å². The van der Waals surface area contributed by atoms with E-state index in [1.165, 1.54) is 7.11 Å². The number of hydrogen-bond acceptors (Lipinski definition) is 4. The Morgan fingerprint density at radius 1 is 1.11 bits per heavy atom. The molecule has 6 heteroatoms. The molecule has 4 rings (SSSR count). The summed E-state index contributed by atoms with van der Waals surface area (Å²) in [4.78, 5) is 15.7. The fourth-order valence-electron chi connectivity index (χ4n) is 3.22. The lowest BCUT2D eigenvalue weighted by Gasteiger charge is -2.14. The molecule has 140 valence electrons. The number of hydrogen-bond donors (Lipinski definition) is 2. The van der Waals surface area contributed by atoms with Crippen LogP contribution in [0.25, 0.3) is 16.7 Å². The molecule has 0 spiro atoms. The van der Waals surface area contributed by atoms with Crippen LogP contribution in [0.15, 0.2) is 73.1 Å². The Morgan fingerprint density at radius 2 is 1.89 bits per heavy atom. The minimum Gasteiger partial charge on any atom is -0.496 e. The van der Waals surface area contributed by atoms with Crippen LogP contribution < -0.4 is 10.1 Å². The Morgan fingerprint density at radius 3 is 2.71 bits per heavy atom. The summed E-state index contributed by atoms with van der Waals surface area (Å²) in [5.41, 5.74) is 5.04. The number of aromatic carboxylic acids is 1. The smallest absolute Gasteiger partial charge is 0.339 e. The monoisotopic (exact) mass is 373 g/mol. The zero-order valence-electron chi connectivity index (χ0n) is 15.3. The molecule has 4 aromatic rings. The molecule has 3 aromatic carbocycles. The number of carboxylic acids is 1. The van der Waals surface area contributed by atoms with Crippen LogP contribution in [0.1, 0.15) is 15.9 Å². The largest absolute Gasteiger partial charge is 0.496 e. The third kappa shape index (κ3) is 3.27. The number of carboxylic acid groups (broad SMARTS) is 1. The van der Waals surface area contributed by atoms with E-state index in [2.05, 4.69) is 27.0 Å². The number of fused-ring (bicyclic) bond motifs is 1. The third-order valence-electron chi connectivity index (χ3n) is 4.62. The maximum atomic E-state index is 11.2. The maximum Gasteiger partial charge on any atom is 0.339 e. The highest BCUT2D eigenvalue weighted by atomic mass is 16.5. The van der Waals surface area contributed by atoms with Gasteiger partial charge in [0.15, 0.2) is 0 Å². The summed E-state index contributed by atoms with van der Waals surface area (Å²) in [6.07, 6.45) is 1.83.